The Kier molecular flexibility index (Phi) is 8.47. The first-order chi connectivity index (χ1) is 17.0. The Morgan fingerprint density at radius 1 is 0.917 bits per heavy atom. The van der Waals surface area contributed by atoms with Crippen LogP contribution < -0.4 is 4.18 Å². The molecule has 0 heterocycles. The van der Waals surface area contributed by atoms with Gasteiger partial charge in [-0.1, -0.05) is 30.3 Å². The number of rotatable bonds is 9. The average Bonchev–Trinajstić information content (AvgIpc) is 2.82. The Labute approximate surface area is 210 Å². The first kappa shape index (κ1) is 26.9. The minimum Gasteiger partial charge on any atom is -0.459 e. The summed E-state index contributed by atoms with van der Waals surface area (Å²) in [7, 11) is -4.33. The summed E-state index contributed by atoms with van der Waals surface area (Å²) in [5.41, 5.74) is 0.842. The number of halogens is 1. The number of hydrogen-bond donors (Lipinski definition) is 0. The van der Waals surface area contributed by atoms with Crippen LogP contribution in [0.25, 0.3) is 0 Å². The van der Waals surface area contributed by atoms with Gasteiger partial charge in [-0.3, -0.25) is 4.79 Å². The summed E-state index contributed by atoms with van der Waals surface area (Å²) in [6.45, 7) is 7.26. The number of carbonyl (C=O) groups excluding carboxylic acids is 2. The first-order valence-corrected chi connectivity index (χ1v) is 12.8. The average molecular weight is 514 g/mol. The van der Waals surface area contributed by atoms with Gasteiger partial charge in [-0.2, -0.15) is 8.42 Å². The van der Waals surface area contributed by atoms with Gasteiger partial charge in [0, 0.05) is 18.2 Å². The number of hydrogen-bond acceptors (Lipinski definition) is 6. The van der Waals surface area contributed by atoms with E-state index in [1.807, 2.05) is 13.8 Å². The molecule has 3 aromatic carbocycles. The van der Waals surface area contributed by atoms with E-state index in [4.69, 9.17) is 8.92 Å². The van der Waals surface area contributed by atoms with Gasteiger partial charge in [0.05, 0.1) is 11.7 Å². The molecule has 7 nitrogen and oxygen atoms in total. The Morgan fingerprint density at radius 2 is 1.58 bits per heavy atom. The maximum atomic E-state index is 13.6. The normalized spacial score (nSPS) is 11.4. The highest BCUT2D eigenvalue weighted by atomic mass is 32.2. The van der Waals surface area contributed by atoms with Crippen molar-refractivity contribution in [1.29, 1.82) is 0 Å². The second-order valence-electron chi connectivity index (χ2n) is 8.67. The van der Waals surface area contributed by atoms with Gasteiger partial charge in [-0.05, 0) is 75.7 Å². The van der Waals surface area contributed by atoms with Crippen LogP contribution in [-0.4, -0.2) is 37.3 Å². The molecular weight excluding hydrogens is 485 g/mol. The first-order valence-electron chi connectivity index (χ1n) is 11.4. The zero-order valence-electron chi connectivity index (χ0n) is 20.5. The third-order valence-corrected chi connectivity index (χ3v) is 6.46. The fourth-order valence-corrected chi connectivity index (χ4v) is 4.55. The number of amides is 1. The minimum absolute atomic E-state index is 0.0401. The predicted molar refractivity (Wildman–Crippen MR) is 133 cm³/mol. The van der Waals surface area contributed by atoms with Gasteiger partial charge in [0.1, 0.15) is 16.5 Å². The van der Waals surface area contributed by atoms with Gasteiger partial charge >= 0.3 is 16.1 Å². The lowest BCUT2D eigenvalue weighted by molar-refractivity contribution is 0.0372. The van der Waals surface area contributed by atoms with Gasteiger partial charge < -0.3 is 13.8 Å². The van der Waals surface area contributed by atoms with Crippen LogP contribution in [0.4, 0.5) is 4.39 Å². The Balaban J connectivity index is 1.78. The Hall–Kier alpha value is -3.72. The van der Waals surface area contributed by atoms with E-state index in [0.717, 1.165) is 5.56 Å². The van der Waals surface area contributed by atoms with Crippen LogP contribution in [0.3, 0.4) is 0 Å². The molecule has 36 heavy (non-hydrogen) atoms. The van der Waals surface area contributed by atoms with Crippen molar-refractivity contribution in [2.75, 3.05) is 0 Å². The van der Waals surface area contributed by atoms with Gasteiger partial charge in [-0.15, -0.1) is 0 Å². The van der Waals surface area contributed by atoms with Crippen LogP contribution in [0.15, 0.2) is 77.7 Å². The molecule has 0 unspecified atom stereocenters. The molecule has 3 rings (SSSR count). The monoisotopic (exact) mass is 513 g/mol. The van der Waals surface area contributed by atoms with Crippen molar-refractivity contribution in [2.24, 2.45) is 0 Å². The lowest BCUT2D eigenvalue weighted by atomic mass is 10.1. The largest absolute Gasteiger partial charge is 0.459 e. The molecule has 0 saturated heterocycles. The van der Waals surface area contributed by atoms with Crippen molar-refractivity contribution in [3.05, 3.63) is 95.3 Å². The molecule has 9 heteroatoms. The second kappa shape index (κ2) is 11.3. The summed E-state index contributed by atoms with van der Waals surface area (Å²) in [5, 5.41) is 0. The highest BCUT2D eigenvalue weighted by Crippen LogP contribution is 2.24. The molecule has 190 valence electrons. The van der Waals surface area contributed by atoms with E-state index in [2.05, 4.69) is 0 Å². The quantitative estimate of drug-likeness (QED) is 0.288. The standard InChI is InChI=1S/C27H28FNO6S/c1-18(2)29(26(30)21-8-7-9-22(28)16-21)17-20-12-14-23(15-13-20)35-36(32,33)25-11-6-5-10-24(25)27(31)34-19(3)4/h5-16,18-19H,17H2,1-4H3. The third kappa shape index (κ3) is 6.69. The van der Waals surface area contributed by atoms with Crippen molar-refractivity contribution in [3.63, 3.8) is 0 Å². The molecule has 3 aromatic rings. The molecule has 0 fully saturated rings. The lowest BCUT2D eigenvalue weighted by Crippen LogP contribution is -2.36. The highest BCUT2D eigenvalue weighted by Gasteiger charge is 2.26. The maximum Gasteiger partial charge on any atom is 0.340 e. The molecule has 0 N–H and O–H groups in total. The molecule has 0 saturated carbocycles. The van der Waals surface area contributed by atoms with E-state index in [9.17, 15) is 22.4 Å². The number of benzene rings is 3. The Morgan fingerprint density at radius 3 is 2.19 bits per heavy atom. The number of ether oxygens (including phenoxy) is 1. The molecule has 0 aliphatic rings. The third-order valence-electron chi connectivity index (χ3n) is 5.16. The fourth-order valence-electron chi connectivity index (χ4n) is 3.43. The molecule has 0 aromatic heterocycles. The van der Waals surface area contributed by atoms with Crippen molar-refractivity contribution in [3.8, 4) is 5.75 Å². The van der Waals surface area contributed by atoms with Crippen molar-refractivity contribution >= 4 is 22.0 Å². The highest BCUT2D eigenvalue weighted by molar-refractivity contribution is 7.87. The van der Waals surface area contributed by atoms with Crippen molar-refractivity contribution in [2.45, 2.75) is 51.3 Å². The number of nitrogens with zero attached hydrogens (tertiary/aromatic N) is 1. The van der Waals surface area contributed by atoms with Gasteiger partial charge in [0.15, 0.2) is 0 Å². The van der Waals surface area contributed by atoms with Crippen LogP contribution in [0, 0.1) is 5.82 Å². The zero-order valence-corrected chi connectivity index (χ0v) is 21.3. The van der Waals surface area contributed by atoms with E-state index in [1.165, 1.54) is 54.6 Å². The van der Waals surface area contributed by atoms with Gasteiger partial charge in [-0.25, -0.2) is 9.18 Å². The molecule has 0 aliphatic carbocycles. The fraction of sp³-hybridized carbons (Fsp3) is 0.259. The van der Waals surface area contributed by atoms with Crippen LogP contribution in [0.5, 0.6) is 5.75 Å². The number of carbonyl (C=O) groups is 2. The SMILES string of the molecule is CC(C)OC(=O)c1ccccc1S(=O)(=O)Oc1ccc(CN(C(=O)c2cccc(F)c2)C(C)C)cc1. The summed E-state index contributed by atoms with van der Waals surface area (Å²) in [6.07, 6.45) is -0.417. The van der Waals surface area contributed by atoms with Crippen molar-refractivity contribution < 1.29 is 31.3 Å². The van der Waals surface area contributed by atoms with Crippen LogP contribution in [0.1, 0.15) is 54.0 Å². The molecule has 0 radical (unpaired) electrons. The molecule has 0 atom stereocenters. The van der Waals surface area contributed by atoms with Crippen molar-refractivity contribution in [1.82, 2.24) is 4.90 Å². The smallest absolute Gasteiger partial charge is 0.340 e. The summed E-state index contributed by atoms with van der Waals surface area (Å²) < 4.78 is 49.8. The van der Waals surface area contributed by atoms with Gasteiger partial charge in [0.25, 0.3) is 5.91 Å². The summed E-state index contributed by atoms with van der Waals surface area (Å²) in [6, 6.07) is 17.2. The summed E-state index contributed by atoms with van der Waals surface area (Å²) in [5.74, 6) is -1.54. The van der Waals surface area contributed by atoms with E-state index in [1.54, 1.807) is 36.9 Å². The summed E-state index contributed by atoms with van der Waals surface area (Å²) in [4.78, 5) is 26.6. The predicted octanol–water partition coefficient (Wildman–Crippen LogP) is 5.21. The van der Waals surface area contributed by atoms with E-state index in [-0.39, 0.29) is 40.3 Å². The topological polar surface area (TPSA) is 90.0 Å². The second-order valence-corrected chi connectivity index (χ2v) is 10.2. The molecule has 0 spiro atoms. The van der Waals surface area contributed by atoms with Crippen LogP contribution in [-0.2, 0) is 21.4 Å². The minimum atomic E-state index is -4.33. The maximum absolute atomic E-state index is 13.6. The van der Waals surface area contributed by atoms with Crippen LogP contribution in [0.2, 0.25) is 0 Å². The van der Waals surface area contributed by atoms with E-state index >= 15 is 0 Å². The molecule has 0 aliphatic heterocycles. The Bertz CT molecular complexity index is 1340. The van der Waals surface area contributed by atoms with Crippen LogP contribution >= 0.6 is 0 Å². The number of esters is 1. The van der Waals surface area contributed by atoms with E-state index in [0.29, 0.717) is 0 Å². The molecular formula is C27H28FNO6S. The summed E-state index contributed by atoms with van der Waals surface area (Å²) >= 11 is 0. The zero-order chi connectivity index (χ0) is 26.5. The van der Waals surface area contributed by atoms with E-state index < -0.39 is 28.0 Å². The lowest BCUT2D eigenvalue weighted by Gasteiger charge is -2.27. The molecule has 1 amide bonds. The molecule has 0 bridgehead atoms. The van der Waals surface area contributed by atoms with Gasteiger partial charge in [0.2, 0.25) is 0 Å².